The average Bonchev–Trinajstić information content (AvgIpc) is 3.10. The van der Waals surface area contributed by atoms with Gasteiger partial charge in [0.1, 0.15) is 0 Å². The highest BCUT2D eigenvalue weighted by atomic mass is 19.1. The van der Waals surface area contributed by atoms with E-state index < -0.39 is 11.7 Å². The Morgan fingerprint density at radius 3 is 2.97 bits per heavy atom. The number of piperazine rings is 1. The molecule has 1 aliphatic heterocycles. The molecule has 1 saturated heterocycles. The number of carbonyl (C=O) groups excluding carboxylic acids is 1. The van der Waals surface area contributed by atoms with Crippen LogP contribution in [-0.4, -0.2) is 54.2 Å². The summed E-state index contributed by atoms with van der Waals surface area (Å²) in [7, 11) is 1.67. The fourth-order valence-corrected chi connectivity index (χ4v) is 3.96. The molecule has 2 aromatic heterocycles. The number of carbonyl (C=O) groups is 1. The first-order valence-electron chi connectivity index (χ1n) is 10.2. The highest BCUT2D eigenvalue weighted by Gasteiger charge is 2.22. The van der Waals surface area contributed by atoms with Crippen LogP contribution in [0.25, 0.3) is 5.65 Å². The summed E-state index contributed by atoms with van der Waals surface area (Å²) in [6.07, 6.45) is 4.99. The van der Waals surface area contributed by atoms with Gasteiger partial charge in [-0.3, -0.25) is 9.79 Å². The molecule has 1 fully saturated rings. The van der Waals surface area contributed by atoms with Crippen LogP contribution in [0.15, 0.2) is 35.6 Å². The summed E-state index contributed by atoms with van der Waals surface area (Å²) in [5.74, 6) is -0.931. The van der Waals surface area contributed by atoms with E-state index in [-0.39, 0.29) is 5.65 Å². The Morgan fingerprint density at radius 2 is 2.23 bits per heavy atom. The minimum absolute atomic E-state index is 0.214. The molecular weight excluding hydrogens is 397 g/mol. The highest BCUT2D eigenvalue weighted by molar-refractivity contribution is 6.11. The Kier molecular flexibility index (Phi) is 5.60. The number of amides is 1. The van der Waals surface area contributed by atoms with Gasteiger partial charge >= 0.3 is 0 Å². The summed E-state index contributed by atoms with van der Waals surface area (Å²) < 4.78 is 15.9. The molecule has 1 aliphatic rings. The fourth-order valence-electron chi connectivity index (χ4n) is 3.96. The number of nitrogens with zero attached hydrogens (tertiary/aromatic N) is 4. The number of rotatable bonds is 4. The van der Waals surface area contributed by atoms with Crippen LogP contribution in [0, 0.1) is 12.7 Å². The maximum Gasteiger partial charge on any atom is 0.257 e. The van der Waals surface area contributed by atoms with E-state index in [1.54, 1.807) is 43.0 Å². The molecule has 162 valence electrons. The molecule has 9 heteroatoms. The van der Waals surface area contributed by atoms with E-state index in [0.717, 1.165) is 25.3 Å². The summed E-state index contributed by atoms with van der Waals surface area (Å²) in [6, 6.07) is 5.20. The summed E-state index contributed by atoms with van der Waals surface area (Å²) in [5, 5.41) is 6.16. The molecule has 1 atom stereocenters. The maximum atomic E-state index is 14.4. The normalized spacial score (nSPS) is 16.9. The van der Waals surface area contributed by atoms with Crippen LogP contribution >= 0.6 is 0 Å². The SMILES string of the molecule is CN=Cc1c(N2CCN[C@H](C)C2)ccc(C(=O)Nc2cc(F)c3nc(C)cn3c2)c1N. The number of aromatic nitrogens is 2. The summed E-state index contributed by atoms with van der Waals surface area (Å²) in [4.78, 5) is 23.5. The van der Waals surface area contributed by atoms with Gasteiger partial charge in [0, 0.05) is 68.6 Å². The number of nitrogens with two attached hydrogens (primary N) is 1. The Bertz CT molecular complexity index is 1170. The Hall–Kier alpha value is -3.46. The molecular formula is C22H26FN7O. The molecule has 8 nitrogen and oxygen atoms in total. The lowest BCUT2D eigenvalue weighted by Gasteiger charge is -2.35. The fraction of sp³-hybridized carbons (Fsp3) is 0.318. The summed E-state index contributed by atoms with van der Waals surface area (Å²) in [6.45, 7) is 6.45. The number of nitrogen functional groups attached to an aromatic ring is 1. The van der Waals surface area contributed by atoms with Crippen LogP contribution in [0.4, 0.5) is 21.5 Å². The molecule has 3 heterocycles. The number of aryl methyl sites for hydroxylation is 1. The molecule has 3 aromatic rings. The molecule has 0 saturated carbocycles. The van der Waals surface area contributed by atoms with Crippen molar-refractivity contribution in [2.45, 2.75) is 19.9 Å². The second kappa shape index (κ2) is 8.35. The van der Waals surface area contributed by atoms with Crippen LogP contribution in [0.2, 0.25) is 0 Å². The molecule has 1 aromatic carbocycles. The molecule has 4 N–H and O–H groups in total. The van der Waals surface area contributed by atoms with Crippen molar-refractivity contribution >= 4 is 34.8 Å². The van der Waals surface area contributed by atoms with E-state index in [9.17, 15) is 9.18 Å². The van der Waals surface area contributed by atoms with Crippen LogP contribution in [0.3, 0.4) is 0 Å². The van der Waals surface area contributed by atoms with Crippen LogP contribution in [0.1, 0.15) is 28.5 Å². The number of pyridine rings is 1. The lowest BCUT2D eigenvalue weighted by atomic mass is 10.0. The third-order valence-corrected chi connectivity index (χ3v) is 5.36. The van der Waals surface area contributed by atoms with Crippen molar-refractivity contribution in [1.29, 1.82) is 0 Å². The number of hydrogen-bond donors (Lipinski definition) is 3. The van der Waals surface area contributed by atoms with E-state index in [4.69, 9.17) is 5.73 Å². The van der Waals surface area contributed by atoms with Gasteiger partial charge in [0.05, 0.1) is 22.6 Å². The van der Waals surface area contributed by atoms with E-state index >= 15 is 0 Å². The van der Waals surface area contributed by atoms with E-state index in [1.165, 1.54) is 6.07 Å². The van der Waals surface area contributed by atoms with E-state index in [2.05, 4.69) is 32.4 Å². The highest BCUT2D eigenvalue weighted by Crippen LogP contribution is 2.29. The van der Waals surface area contributed by atoms with Gasteiger partial charge < -0.3 is 25.7 Å². The number of nitrogens with one attached hydrogen (secondary N) is 2. The van der Waals surface area contributed by atoms with Crippen LogP contribution in [0.5, 0.6) is 0 Å². The number of aliphatic imine (C=N–C) groups is 1. The van der Waals surface area contributed by atoms with E-state index in [0.29, 0.717) is 34.2 Å². The van der Waals surface area contributed by atoms with Crippen molar-refractivity contribution < 1.29 is 9.18 Å². The third kappa shape index (κ3) is 4.09. The first-order valence-corrected chi connectivity index (χ1v) is 10.2. The average molecular weight is 423 g/mol. The van der Waals surface area contributed by atoms with Crippen LogP contribution in [-0.2, 0) is 0 Å². The van der Waals surface area contributed by atoms with Crippen molar-refractivity contribution in [1.82, 2.24) is 14.7 Å². The quantitative estimate of drug-likeness (QED) is 0.442. The lowest BCUT2D eigenvalue weighted by Crippen LogP contribution is -2.49. The molecule has 31 heavy (non-hydrogen) atoms. The second-order valence-electron chi connectivity index (χ2n) is 7.79. The monoisotopic (exact) mass is 423 g/mol. The largest absolute Gasteiger partial charge is 0.397 e. The molecule has 0 spiro atoms. The number of hydrogen-bond acceptors (Lipinski definition) is 6. The predicted molar refractivity (Wildman–Crippen MR) is 122 cm³/mol. The number of halogens is 1. The van der Waals surface area contributed by atoms with Crippen LogP contribution < -0.4 is 21.3 Å². The van der Waals surface area contributed by atoms with Crippen molar-refractivity contribution in [3.8, 4) is 0 Å². The van der Waals surface area contributed by atoms with Crippen molar-refractivity contribution in [2.75, 3.05) is 42.6 Å². The van der Waals surface area contributed by atoms with Crippen molar-refractivity contribution in [2.24, 2.45) is 4.99 Å². The van der Waals surface area contributed by atoms with Gasteiger partial charge in [-0.2, -0.15) is 0 Å². The number of imidazole rings is 1. The lowest BCUT2D eigenvalue weighted by molar-refractivity contribution is 0.102. The van der Waals surface area contributed by atoms with Gasteiger partial charge in [-0.25, -0.2) is 9.37 Å². The van der Waals surface area contributed by atoms with Gasteiger partial charge in [-0.15, -0.1) is 0 Å². The zero-order valence-corrected chi connectivity index (χ0v) is 17.8. The summed E-state index contributed by atoms with van der Waals surface area (Å²) in [5.41, 5.74) is 9.92. The van der Waals surface area contributed by atoms with Gasteiger partial charge in [-0.1, -0.05) is 0 Å². The first-order chi connectivity index (χ1) is 14.9. The standard InChI is InChI=1S/C22H26FN7O/c1-13-10-29(7-6-26-13)19-5-4-16(20(24)17(19)9-25-3)22(31)28-15-8-18(23)21-27-14(2)11-30(21)12-15/h4-5,8-9,11-13,26H,6-7,10,24H2,1-3H3,(H,28,31)/t13-/m1/s1. The Morgan fingerprint density at radius 1 is 1.42 bits per heavy atom. The second-order valence-corrected chi connectivity index (χ2v) is 7.79. The minimum Gasteiger partial charge on any atom is -0.397 e. The molecule has 4 rings (SSSR count). The number of fused-ring (bicyclic) bond motifs is 1. The summed E-state index contributed by atoms with van der Waals surface area (Å²) >= 11 is 0. The zero-order valence-electron chi connectivity index (χ0n) is 17.8. The van der Waals surface area contributed by atoms with E-state index in [1.807, 2.05) is 6.07 Å². The Labute approximate surface area is 180 Å². The molecule has 1 amide bonds. The molecule has 0 radical (unpaired) electrons. The zero-order chi connectivity index (χ0) is 22.1. The van der Waals surface area contributed by atoms with Gasteiger partial charge in [0.25, 0.3) is 5.91 Å². The van der Waals surface area contributed by atoms with Gasteiger partial charge in [-0.05, 0) is 26.0 Å². The minimum atomic E-state index is -0.513. The molecule has 0 unspecified atom stereocenters. The van der Waals surface area contributed by atoms with Gasteiger partial charge in [0.15, 0.2) is 11.5 Å². The third-order valence-electron chi connectivity index (χ3n) is 5.36. The number of anilines is 3. The number of benzene rings is 1. The Balaban J connectivity index is 1.66. The maximum absolute atomic E-state index is 14.4. The van der Waals surface area contributed by atoms with Crippen molar-refractivity contribution in [3.63, 3.8) is 0 Å². The topological polar surface area (TPSA) is 100 Å². The predicted octanol–water partition coefficient (Wildman–Crippen LogP) is 2.46. The van der Waals surface area contributed by atoms with Gasteiger partial charge in [0.2, 0.25) is 0 Å². The smallest absolute Gasteiger partial charge is 0.257 e. The molecule has 0 aliphatic carbocycles. The van der Waals surface area contributed by atoms with Crippen molar-refractivity contribution in [3.05, 3.63) is 53.2 Å². The molecule has 0 bridgehead atoms. The first kappa shape index (κ1) is 20.8.